The van der Waals surface area contributed by atoms with E-state index in [0.717, 1.165) is 29.7 Å². The minimum atomic E-state index is 0.761. The van der Waals surface area contributed by atoms with Crippen LogP contribution < -0.4 is 0 Å². The molecule has 2 aromatic rings. The van der Waals surface area contributed by atoms with E-state index < -0.39 is 0 Å². The van der Waals surface area contributed by atoms with Crippen LogP contribution >= 0.6 is 11.8 Å². The van der Waals surface area contributed by atoms with Crippen molar-refractivity contribution in [2.24, 2.45) is 0 Å². The monoisotopic (exact) mass is 259 g/mol. The molecule has 3 nitrogen and oxygen atoms in total. The molecule has 0 spiro atoms. The second-order valence-electron chi connectivity index (χ2n) is 3.89. The van der Waals surface area contributed by atoms with E-state index in [0.29, 0.717) is 0 Å². The Balaban J connectivity index is 2.24. The lowest BCUT2D eigenvalue weighted by molar-refractivity contribution is 0.691. The fourth-order valence-corrected chi connectivity index (χ4v) is 2.47. The first-order chi connectivity index (χ1) is 8.85. The molecule has 0 unspecified atom stereocenters. The van der Waals surface area contributed by atoms with Gasteiger partial charge in [-0.25, -0.2) is 0 Å². The van der Waals surface area contributed by atoms with Crippen molar-refractivity contribution in [2.45, 2.75) is 25.0 Å². The molecule has 0 radical (unpaired) electrons. The van der Waals surface area contributed by atoms with E-state index in [1.165, 1.54) is 5.56 Å². The highest BCUT2D eigenvalue weighted by Gasteiger charge is 2.11. The first-order valence-corrected chi connectivity index (χ1v) is 7.03. The van der Waals surface area contributed by atoms with Crippen LogP contribution in [0.4, 0.5) is 0 Å². The molecule has 18 heavy (non-hydrogen) atoms. The molecular weight excluding hydrogens is 242 g/mol. The fourth-order valence-electron chi connectivity index (χ4n) is 1.78. The van der Waals surface area contributed by atoms with Gasteiger partial charge in [0.1, 0.15) is 5.82 Å². The first kappa shape index (κ1) is 12.9. The van der Waals surface area contributed by atoms with Gasteiger partial charge in [-0.2, -0.15) is 0 Å². The molecule has 1 heterocycles. The summed E-state index contributed by atoms with van der Waals surface area (Å²) >= 11 is 1.71. The Kier molecular flexibility index (Phi) is 4.59. The van der Waals surface area contributed by atoms with Gasteiger partial charge in [0.25, 0.3) is 0 Å². The predicted octanol–water partition coefficient (Wildman–Crippen LogP) is 3.17. The number of benzene rings is 1. The Hall–Kier alpha value is -1.55. The van der Waals surface area contributed by atoms with Crippen LogP contribution in [0, 0.1) is 0 Å². The Morgan fingerprint density at radius 3 is 2.72 bits per heavy atom. The average Bonchev–Trinajstić information content (AvgIpc) is 2.75. The zero-order valence-corrected chi connectivity index (χ0v) is 11.4. The van der Waals surface area contributed by atoms with Crippen molar-refractivity contribution in [2.75, 3.05) is 5.75 Å². The van der Waals surface area contributed by atoms with E-state index >= 15 is 0 Å². The number of hydrogen-bond donors (Lipinski definition) is 0. The molecule has 0 atom stereocenters. The highest BCUT2D eigenvalue weighted by molar-refractivity contribution is 7.99. The smallest absolute Gasteiger partial charge is 0.191 e. The lowest BCUT2D eigenvalue weighted by Crippen LogP contribution is -2.04. The second-order valence-corrected chi connectivity index (χ2v) is 5.12. The van der Waals surface area contributed by atoms with Crippen LogP contribution in [0.15, 0.2) is 48.1 Å². The van der Waals surface area contributed by atoms with Crippen molar-refractivity contribution in [1.29, 1.82) is 0 Å². The molecule has 1 aromatic heterocycles. The highest BCUT2D eigenvalue weighted by atomic mass is 32.2. The molecule has 0 aliphatic rings. The zero-order valence-electron chi connectivity index (χ0n) is 10.5. The number of thioether (sulfide) groups is 1. The maximum Gasteiger partial charge on any atom is 0.191 e. The minimum Gasteiger partial charge on any atom is -0.302 e. The van der Waals surface area contributed by atoms with E-state index in [1.54, 1.807) is 11.8 Å². The standard InChI is InChI=1S/C14H17N3S/c1-3-10-17-13(15-16-14(17)18-4-2)11-12-8-6-5-7-9-12/h3,5-9H,1,4,10-11H2,2H3. The summed E-state index contributed by atoms with van der Waals surface area (Å²) in [5.74, 6) is 2.00. The summed E-state index contributed by atoms with van der Waals surface area (Å²) in [6.07, 6.45) is 2.70. The van der Waals surface area contributed by atoms with Gasteiger partial charge >= 0.3 is 0 Å². The van der Waals surface area contributed by atoms with Gasteiger partial charge in [-0.15, -0.1) is 16.8 Å². The normalized spacial score (nSPS) is 10.5. The van der Waals surface area contributed by atoms with Crippen LogP contribution in [0.5, 0.6) is 0 Å². The van der Waals surface area contributed by atoms with Crippen molar-refractivity contribution >= 4 is 11.8 Å². The lowest BCUT2D eigenvalue weighted by Gasteiger charge is -2.06. The number of allylic oxidation sites excluding steroid dienone is 1. The largest absolute Gasteiger partial charge is 0.302 e. The van der Waals surface area contributed by atoms with Crippen LogP contribution in [-0.2, 0) is 13.0 Å². The number of rotatable bonds is 6. The Morgan fingerprint density at radius 1 is 1.28 bits per heavy atom. The van der Waals surface area contributed by atoms with Gasteiger partial charge in [0.05, 0.1) is 0 Å². The van der Waals surface area contributed by atoms with Crippen LogP contribution in [-0.4, -0.2) is 20.5 Å². The molecular formula is C14H17N3S. The topological polar surface area (TPSA) is 30.7 Å². The molecule has 0 fully saturated rings. The molecule has 1 aromatic carbocycles. The molecule has 0 saturated heterocycles. The van der Waals surface area contributed by atoms with Crippen molar-refractivity contribution in [1.82, 2.24) is 14.8 Å². The van der Waals surface area contributed by atoms with Crippen molar-refractivity contribution in [3.63, 3.8) is 0 Å². The third-order valence-electron chi connectivity index (χ3n) is 2.58. The minimum absolute atomic E-state index is 0.761. The van der Waals surface area contributed by atoms with Gasteiger partial charge in [-0.3, -0.25) is 0 Å². The van der Waals surface area contributed by atoms with Crippen LogP contribution in [0.25, 0.3) is 0 Å². The predicted molar refractivity (Wildman–Crippen MR) is 75.9 cm³/mol. The molecule has 0 aliphatic carbocycles. The number of hydrogen-bond acceptors (Lipinski definition) is 3. The van der Waals surface area contributed by atoms with Crippen molar-refractivity contribution < 1.29 is 0 Å². The molecule has 4 heteroatoms. The summed E-state index contributed by atoms with van der Waals surface area (Å²) < 4.78 is 2.13. The van der Waals surface area contributed by atoms with Gasteiger partial charge < -0.3 is 4.57 Å². The van der Waals surface area contributed by atoms with E-state index in [2.05, 4.69) is 40.4 Å². The average molecular weight is 259 g/mol. The summed E-state index contributed by atoms with van der Waals surface area (Å²) in [4.78, 5) is 0. The van der Waals surface area contributed by atoms with Crippen molar-refractivity contribution in [3.05, 3.63) is 54.4 Å². The second kappa shape index (κ2) is 6.40. The summed E-state index contributed by atoms with van der Waals surface area (Å²) in [5.41, 5.74) is 1.25. The van der Waals surface area contributed by atoms with Crippen LogP contribution in [0.1, 0.15) is 18.3 Å². The van der Waals surface area contributed by atoms with E-state index in [1.807, 2.05) is 24.3 Å². The number of aromatic nitrogens is 3. The molecule has 0 N–H and O–H groups in total. The SMILES string of the molecule is C=CCn1c(Cc2ccccc2)nnc1SCC. The Bertz CT molecular complexity index is 505. The van der Waals surface area contributed by atoms with E-state index in [9.17, 15) is 0 Å². The number of nitrogens with zero attached hydrogens (tertiary/aromatic N) is 3. The molecule has 0 saturated carbocycles. The quantitative estimate of drug-likeness (QED) is 0.589. The fraction of sp³-hybridized carbons (Fsp3) is 0.286. The molecule has 0 amide bonds. The summed E-state index contributed by atoms with van der Waals surface area (Å²) in [7, 11) is 0. The Morgan fingerprint density at radius 2 is 2.06 bits per heavy atom. The summed E-state index contributed by atoms with van der Waals surface area (Å²) in [6.45, 7) is 6.68. The third-order valence-corrected chi connectivity index (χ3v) is 3.43. The van der Waals surface area contributed by atoms with Gasteiger partial charge in [0.2, 0.25) is 0 Å². The molecule has 2 rings (SSSR count). The van der Waals surface area contributed by atoms with Gasteiger partial charge in [0, 0.05) is 13.0 Å². The Labute approximate surface area is 112 Å². The first-order valence-electron chi connectivity index (χ1n) is 6.04. The molecule has 0 bridgehead atoms. The molecule has 94 valence electrons. The van der Waals surface area contributed by atoms with E-state index in [-0.39, 0.29) is 0 Å². The zero-order chi connectivity index (χ0) is 12.8. The van der Waals surface area contributed by atoms with Gasteiger partial charge in [-0.1, -0.05) is 55.1 Å². The third kappa shape index (κ3) is 3.01. The van der Waals surface area contributed by atoms with Crippen LogP contribution in [0.2, 0.25) is 0 Å². The van der Waals surface area contributed by atoms with E-state index in [4.69, 9.17) is 0 Å². The maximum atomic E-state index is 4.29. The summed E-state index contributed by atoms with van der Waals surface area (Å²) in [6, 6.07) is 10.3. The van der Waals surface area contributed by atoms with Gasteiger partial charge in [-0.05, 0) is 11.3 Å². The van der Waals surface area contributed by atoms with Crippen molar-refractivity contribution in [3.8, 4) is 0 Å². The van der Waals surface area contributed by atoms with Gasteiger partial charge in [0.15, 0.2) is 5.16 Å². The highest BCUT2D eigenvalue weighted by Crippen LogP contribution is 2.18. The van der Waals surface area contributed by atoms with Crippen LogP contribution in [0.3, 0.4) is 0 Å². The lowest BCUT2D eigenvalue weighted by atomic mass is 10.1. The maximum absolute atomic E-state index is 4.29. The summed E-state index contributed by atoms with van der Waals surface area (Å²) in [5, 5.41) is 9.52. The molecule has 0 aliphatic heterocycles.